The van der Waals surface area contributed by atoms with Crippen molar-refractivity contribution in [2.75, 3.05) is 0 Å². The maximum absolute atomic E-state index is 4.32. The molecule has 1 aromatic carbocycles. The van der Waals surface area contributed by atoms with Crippen molar-refractivity contribution in [1.82, 2.24) is 0 Å². The van der Waals surface area contributed by atoms with Crippen LogP contribution < -0.4 is 0 Å². The molecule has 0 aliphatic carbocycles. The summed E-state index contributed by atoms with van der Waals surface area (Å²) < 4.78 is 0. The van der Waals surface area contributed by atoms with Crippen LogP contribution >= 0.6 is 0 Å². The van der Waals surface area contributed by atoms with Crippen molar-refractivity contribution in [3.8, 4) is 0 Å². The summed E-state index contributed by atoms with van der Waals surface area (Å²) in [6.45, 7) is 8.50. The Bertz CT molecular complexity index is 311. The molecule has 0 amide bonds. The first-order valence-electron chi connectivity index (χ1n) is 4.75. The van der Waals surface area contributed by atoms with Crippen molar-refractivity contribution in [2.24, 2.45) is 4.99 Å². The third-order valence-corrected chi connectivity index (χ3v) is 2.24. The summed E-state index contributed by atoms with van der Waals surface area (Å²) in [6, 6.07) is 6.31. The minimum atomic E-state index is 0.576. The molecule has 0 spiro atoms. The molecular weight excluding hydrogens is 158 g/mol. The quantitative estimate of drug-likeness (QED) is 0.605. The van der Waals surface area contributed by atoms with E-state index >= 15 is 0 Å². The van der Waals surface area contributed by atoms with E-state index in [9.17, 15) is 0 Å². The lowest BCUT2D eigenvalue weighted by atomic mass is 9.97. The summed E-state index contributed by atoms with van der Waals surface area (Å²) in [5, 5.41) is 0. The van der Waals surface area contributed by atoms with Gasteiger partial charge in [0.1, 0.15) is 0 Å². The molecule has 1 nitrogen and oxygen atoms in total. The molecule has 0 radical (unpaired) electrons. The van der Waals surface area contributed by atoms with Gasteiger partial charge in [0.05, 0.1) is 5.69 Å². The standard InChI is InChI=1S/C12H17N/c1-5-13-12-8-6-7-11(9(2)3)10(12)4/h5-9H,1-4H3. The fourth-order valence-corrected chi connectivity index (χ4v) is 1.55. The van der Waals surface area contributed by atoms with Crippen LogP contribution in [0.1, 0.15) is 37.8 Å². The van der Waals surface area contributed by atoms with Crippen LogP contribution in [0.15, 0.2) is 23.2 Å². The zero-order valence-corrected chi connectivity index (χ0v) is 8.83. The highest BCUT2D eigenvalue weighted by atomic mass is 14.7. The largest absolute Gasteiger partial charge is 0.261 e. The molecule has 13 heavy (non-hydrogen) atoms. The maximum atomic E-state index is 4.32. The molecule has 0 aromatic heterocycles. The van der Waals surface area contributed by atoms with Gasteiger partial charge in [-0.15, -0.1) is 0 Å². The Morgan fingerprint density at radius 3 is 2.54 bits per heavy atom. The minimum Gasteiger partial charge on any atom is -0.261 e. The molecule has 0 heterocycles. The van der Waals surface area contributed by atoms with Crippen molar-refractivity contribution in [3.63, 3.8) is 0 Å². The molecule has 0 atom stereocenters. The molecule has 0 saturated carbocycles. The fraction of sp³-hybridized carbons (Fsp3) is 0.417. The molecule has 0 bridgehead atoms. The average Bonchev–Trinajstić information content (AvgIpc) is 2.08. The van der Waals surface area contributed by atoms with Gasteiger partial charge in [-0.1, -0.05) is 26.0 Å². The van der Waals surface area contributed by atoms with Crippen LogP contribution in [0.25, 0.3) is 0 Å². The van der Waals surface area contributed by atoms with Gasteiger partial charge in [0.25, 0.3) is 0 Å². The van der Waals surface area contributed by atoms with Crippen LogP contribution in [-0.2, 0) is 0 Å². The van der Waals surface area contributed by atoms with Gasteiger partial charge in [-0.2, -0.15) is 0 Å². The molecule has 1 heteroatoms. The van der Waals surface area contributed by atoms with E-state index in [1.54, 1.807) is 0 Å². The first-order chi connectivity index (χ1) is 6.16. The van der Waals surface area contributed by atoms with Gasteiger partial charge >= 0.3 is 0 Å². The first-order valence-corrected chi connectivity index (χ1v) is 4.75. The van der Waals surface area contributed by atoms with Gasteiger partial charge < -0.3 is 0 Å². The molecule has 0 N–H and O–H groups in total. The number of hydrogen-bond donors (Lipinski definition) is 0. The summed E-state index contributed by atoms with van der Waals surface area (Å²) in [5.41, 5.74) is 3.78. The Labute approximate surface area is 80.5 Å². The van der Waals surface area contributed by atoms with E-state index in [1.807, 2.05) is 13.1 Å². The molecule has 1 rings (SSSR count). The van der Waals surface area contributed by atoms with Crippen LogP contribution in [0.4, 0.5) is 5.69 Å². The summed E-state index contributed by atoms with van der Waals surface area (Å²) in [6.07, 6.45) is 1.84. The zero-order chi connectivity index (χ0) is 9.84. The van der Waals surface area contributed by atoms with Crippen LogP contribution in [0.3, 0.4) is 0 Å². The first kappa shape index (κ1) is 9.97. The Balaban J connectivity index is 3.18. The third kappa shape index (κ3) is 2.18. The van der Waals surface area contributed by atoms with E-state index in [-0.39, 0.29) is 0 Å². The molecule has 0 saturated heterocycles. The zero-order valence-electron chi connectivity index (χ0n) is 8.83. The minimum absolute atomic E-state index is 0.576. The predicted molar refractivity (Wildman–Crippen MR) is 59.1 cm³/mol. The van der Waals surface area contributed by atoms with E-state index in [0.29, 0.717) is 5.92 Å². The SMILES string of the molecule is CC=Nc1cccc(C(C)C)c1C. The van der Waals surface area contributed by atoms with Crippen molar-refractivity contribution < 1.29 is 0 Å². The van der Waals surface area contributed by atoms with E-state index in [4.69, 9.17) is 0 Å². The molecule has 70 valence electrons. The Morgan fingerprint density at radius 2 is 2.00 bits per heavy atom. The van der Waals surface area contributed by atoms with Crippen molar-refractivity contribution in [2.45, 2.75) is 33.6 Å². The predicted octanol–water partition coefficient (Wildman–Crippen LogP) is 3.84. The van der Waals surface area contributed by atoms with Crippen LogP contribution in [0.5, 0.6) is 0 Å². The summed E-state index contributed by atoms with van der Waals surface area (Å²) in [7, 11) is 0. The lowest BCUT2D eigenvalue weighted by Crippen LogP contribution is -1.91. The van der Waals surface area contributed by atoms with Crippen molar-refractivity contribution >= 4 is 11.9 Å². The summed E-state index contributed by atoms with van der Waals surface area (Å²) >= 11 is 0. The molecule has 0 aliphatic heterocycles. The van der Waals surface area contributed by atoms with Crippen molar-refractivity contribution in [1.29, 1.82) is 0 Å². The summed E-state index contributed by atoms with van der Waals surface area (Å²) in [4.78, 5) is 4.32. The van der Waals surface area contributed by atoms with Gasteiger partial charge in [0.2, 0.25) is 0 Å². The topological polar surface area (TPSA) is 12.4 Å². The second-order valence-electron chi connectivity index (χ2n) is 3.53. The average molecular weight is 175 g/mol. The fourth-order valence-electron chi connectivity index (χ4n) is 1.55. The highest BCUT2D eigenvalue weighted by molar-refractivity contribution is 5.63. The number of nitrogens with zero attached hydrogens (tertiary/aromatic N) is 1. The van der Waals surface area contributed by atoms with Gasteiger partial charge in [0, 0.05) is 6.21 Å². The van der Waals surface area contributed by atoms with Gasteiger partial charge in [-0.3, -0.25) is 4.99 Å². The Hall–Kier alpha value is -1.11. The number of rotatable bonds is 2. The Kier molecular flexibility index (Phi) is 3.24. The van der Waals surface area contributed by atoms with Gasteiger partial charge in [-0.05, 0) is 37.0 Å². The third-order valence-electron chi connectivity index (χ3n) is 2.24. The molecule has 0 unspecified atom stereocenters. The van der Waals surface area contributed by atoms with Crippen molar-refractivity contribution in [3.05, 3.63) is 29.3 Å². The van der Waals surface area contributed by atoms with Gasteiger partial charge in [0.15, 0.2) is 0 Å². The monoisotopic (exact) mass is 175 g/mol. The highest BCUT2D eigenvalue weighted by Crippen LogP contribution is 2.26. The smallest absolute Gasteiger partial charge is 0.0657 e. The van der Waals surface area contributed by atoms with E-state index in [0.717, 1.165) is 5.69 Å². The van der Waals surface area contributed by atoms with E-state index in [1.165, 1.54) is 11.1 Å². The molecule has 1 aromatic rings. The van der Waals surface area contributed by atoms with Gasteiger partial charge in [-0.25, -0.2) is 0 Å². The molecular formula is C12H17N. The second kappa shape index (κ2) is 4.22. The lowest BCUT2D eigenvalue weighted by molar-refractivity contribution is 0.857. The second-order valence-corrected chi connectivity index (χ2v) is 3.53. The normalized spacial score (nSPS) is 11.5. The highest BCUT2D eigenvalue weighted by Gasteiger charge is 2.05. The van der Waals surface area contributed by atoms with Crippen LogP contribution in [0, 0.1) is 6.92 Å². The lowest BCUT2D eigenvalue weighted by Gasteiger charge is -2.10. The Morgan fingerprint density at radius 1 is 1.31 bits per heavy atom. The molecule has 0 fully saturated rings. The van der Waals surface area contributed by atoms with E-state index in [2.05, 4.69) is 44.0 Å². The van der Waals surface area contributed by atoms with E-state index < -0.39 is 0 Å². The van der Waals surface area contributed by atoms with Crippen LogP contribution in [0.2, 0.25) is 0 Å². The number of aliphatic imine (C=N–C) groups is 1. The summed E-state index contributed by atoms with van der Waals surface area (Å²) in [5.74, 6) is 0.576. The van der Waals surface area contributed by atoms with Crippen LogP contribution in [-0.4, -0.2) is 6.21 Å². The molecule has 0 aliphatic rings. The number of benzene rings is 1. The maximum Gasteiger partial charge on any atom is 0.0657 e. The number of hydrogen-bond acceptors (Lipinski definition) is 1.